The van der Waals surface area contributed by atoms with E-state index in [4.69, 9.17) is 4.42 Å². The molecule has 0 saturated carbocycles. The fraction of sp³-hybridized carbons (Fsp3) is 0.0385. The van der Waals surface area contributed by atoms with E-state index in [2.05, 4.69) is 170 Å². The highest BCUT2D eigenvalue weighted by molar-refractivity contribution is 7.25. The summed E-state index contributed by atoms with van der Waals surface area (Å²) < 4.78 is 9.11. The number of rotatable bonds is 3. The lowest BCUT2D eigenvalue weighted by Crippen LogP contribution is -2.31. The quantitative estimate of drug-likeness (QED) is 0.178. The van der Waals surface area contributed by atoms with E-state index >= 15 is 0 Å². The molecule has 2 aromatic heterocycles. The summed E-state index contributed by atoms with van der Waals surface area (Å²) in [6, 6.07) is 58.3. The van der Waals surface area contributed by atoms with Crippen LogP contribution in [0.4, 0.5) is 0 Å². The summed E-state index contributed by atoms with van der Waals surface area (Å²) in [6.07, 6.45) is 7.03. The van der Waals surface area contributed by atoms with Gasteiger partial charge < -0.3 is 4.42 Å². The van der Waals surface area contributed by atoms with Crippen LogP contribution in [-0.2, 0) is 0 Å². The second-order valence-corrected chi connectivity index (χ2v) is 15.8. The van der Waals surface area contributed by atoms with E-state index in [0.717, 1.165) is 34.8 Å². The lowest BCUT2D eigenvalue weighted by Gasteiger charge is -2.18. The van der Waals surface area contributed by atoms with Crippen molar-refractivity contribution in [2.24, 2.45) is 0 Å². The normalized spacial score (nSPS) is 13.0. The Morgan fingerprint density at radius 1 is 0.352 bits per heavy atom. The van der Waals surface area contributed by atoms with Crippen molar-refractivity contribution in [3.8, 4) is 33.4 Å². The third kappa shape index (κ3) is 4.50. The molecule has 1 nitrogen and oxygen atoms in total. The van der Waals surface area contributed by atoms with Crippen molar-refractivity contribution in [1.82, 2.24) is 0 Å². The van der Waals surface area contributed by atoms with E-state index in [1.54, 1.807) is 0 Å². The first-order valence-electron chi connectivity index (χ1n) is 18.8. The molecule has 0 atom stereocenters. The highest BCUT2D eigenvalue weighted by Gasteiger charge is 2.17. The highest BCUT2D eigenvalue weighted by atomic mass is 32.1. The van der Waals surface area contributed by atoms with Crippen LogP contribution in [0.2, 0.25) is 0 Å². The zero-order valence-corrected chi connectivity index (χ0v) is 30.2. The number of benzene rings is 9. The van der Waals surface area contributed by atoms with Crippen LogP contribution < -0.4 is 10.4 Å². The van der Waals surface area contributed by atoms with E-state index in [-0.39, 0.29) is 0 Å². The first-order valence-corrected chi connectivity index (χ1v) is 19.6. The Kier molecular flexibility index (Phi) is 6.40. The molecule has 0 bridgehead atoms. The van der Waals surface area contributed by atoms with Gasteiger partial charge in [-0.05, 0) is 138 Å². The Morgan fingerprint density at radius 2 is 0.963 bits per heavy atom. The number of hydrogen-bond acceptors (Lipinski definition) is 2. The first-order chi connectivity index (χ1) is 26.7. The van der Waals surface area contributed by atoms with Crippen molar-refractivity contribution in [1.29, 1.82) is 0 Å². The molecule has 0 saturated heterocycles. The molecule has 0 spiro atoms. The van der Waals surface area contributed by atoms with Gasteiger partial charge in [-0.1, -0.05) is 121 Å². The van der Waals surface area contributed by atoms with Crippen molar-refractivity contribution < 1.29 is 4.42 Å². The zero-order valence-electron chi connectivity index (χ0n) is 29.4. The standard InChI is InChI=1S/C52H32OS/c1-2-10-34-25-36(22-19-31(34)9-1)52-42-14-5-3-12-40(42)51(41-13-4-6-15-43(41)52)33-20-17-32(18-21-33)35-23-24-47-44(26-35)45-27-38-30-50-46(28-37(38)29-48(45)53-47)39-11-7-8-16-49(39)54-50/h1-3,5,7-30H,4,6H2. The highest BCUT2D eigenvalue weighted by Crippen LogP contribution is 2.40. The molecule has 0 radical (unpaired) electrons. The maximum Gasteiger partial charge on any atom is 0.136 e. The molecule has 1 aliphatic rings. The van der Waals surface area contributed by atoms with Gasteiger partial charge in [0.05, 0.1) is 0 Å². The van der Waals surface area contributed by atoms with Crippen molar-refractivity contribution in [2.75, 3.05) is 0 Å². The largest absolute Gasteiger partial charge is 0.456 e. The molecule has 0 unspecified atom stereocenters. The van der Waals surface area contributed by atoms with Gasteiger partial charge in [0, 0.05) is 30.9 Å². The molecule has 11 aromatic rings. The predicted molar refractivity (Wildman–Crippen MR) is 233 cm³/mol. The summed E-state index contributed by atoms with van der Waals surface area (Å²) in [5.41, 5.74) is 9.42. The molecule has 2 heterocycles. The first kappa shape index (κ1) is 30.0. The molecule has 0 aliphatic heterocycles. The van der Waals surface area contributed by atoms with Crippen LogP contribution in [0, 0.1) is 0 Å². The minimum absolute atomic E-state index is 0.921. The van der Waals surface area contributed by atoms with Crippen LogP contribution in [0.3, 0.4) is 0 Å². The van der Waals surface area contributed by atoms with Gasteiger partial charge in [0.1, 0.15) is 11.2 Å². The SMILES string of the molecule is C1=c2c(-c3ccc(-c4ccc5oc6cc7cc8c(cc7cc6c5c4)sc4ccccc48)cc3)c3ccccc3c(-c3ccc4ccccc4c3)c2=CCC1. The molecule has 0 fully saturated rings. The molecule has 0 N–H and O–H groups in total. The molecule has 252 valence electrons. The summed E-state index contributed by atoms with van der Waals surface area (Å²) in [4.78, 5) is 0. The van der Waals surface area contributed by atoms with Gasteiger partial charge in [0.15, 0.2) is 0 Å². The van der Waals surface area contributed by atoms with Gasteiger partial charge in [-0.3, -0.25) is 0 Å². The Hall–Kier alpha value is -6.48. The molecular weight excluding hydrogens is 673 g/mol. The van der Waals surface area contributed by atoms with E-state index in [9.17, 15) is 0 Å². The van der Waals surface area contributed by atoms with Crippen LogP contribution in [0.15, 0.2) is 162 Å². The van der Waals surface area contributed by atoms with Gasteiger partial charge in [-0.2, -0.15) is 0 Å². The average Bonchev–Trinajstić information content (AvgIpc) is 3.77. The lowest BCUT2D eigenvalue weighted by atomic mass is 9.85. The Bertz CT molecular complexity index is 3490. The van der Waals surface area contributed by atoms with Gasteiger partial charge in [-0.15, -0.1) is 11.3 Å². The van der Waals surface area contributed by atoms with Crippen molar-refractivity contribution in [3.63, 3.8) is 0 Å². The lowest BCUT2D eigenvalue weighted by molar-refractivity contribution is 0.669. The summed E-state index contributed by atoms with van der Waals surface area (Å²) in [5.74, 6) is 0. The molecule has 9 aromatic carbocycles. The molecule has 0 amide bonds. The van der Waals surface area contributed by atoms with Crippen molar-refractivity contribution in [2.45, 2.75) is 12.8 Å². The van der Waals surface area contributed by atoms with Crippen molar-refractivity contribution >= 4 is 97.9 Å². The maximum absolute atomic E-state index is 6.46. The third-order valence-electron chi connectivity index (χ3n) is 11.6. The van der Waals surface area contributed by atoms with Gasteiger partial charge in [0.25, 0.3) is 0 Å². The second-order valence-electron chi connectivity index (χ2n) is 14.7. The number of hydrogen-bond donors (Lipinski definition) is 0. The van der Waals surface area contributed by atoms with Gasteiger partial charge in [0.2, 0.25) is 0 Å². The molecule has 12 rings (SSSR count). The van der Waals surface area contributed by atoms with E-state index in [0.29, 0.717) is 0 Å². The maximum atomic E-state index is 6.46. The third-order valence-corrected chi connectivity index (χ3v) is 12.8. The molecule has 1 aliphatic carbocycles. The number of furan rings is 1. The summed E-state index contributed by atoms with van der Waals surface area (Å²) in [7, 11) is 0. The summed E-state index contributed by atoms with van der Waals surface area (Å²) in [6.45, 7) is 0. The summed E-state index contributed by atoms with van der Waals surface area (Å²) in [5, 5.41) is 15.3. The average molecular weight is 705 g/mol. The van der Waals surface area contributed by atoms with Gasteiger partial charge in [-0.25, -0.2) is 0 Å². The Labute approximate surface area is 315 Å². The molecular formula is C52H32OS. The van der Waals surface area contributed by atoms with E-state index in [1.807, 2.05) is 11.3 Å². The summed E-state index contributed by atoms with van der Waals surface area (Å²) >= 11 is 1.87. The monoisotopic (exact) mass is 704 g/mol. The fourth-order valence-electron chi connectivity index (χ4n) is 9.08. The van der Waals surface area contributed by atoms with Crippen LogP contribution in [0.1, 0.15) is 12.8 Å². The minimum Gasteiger partial charge on any atom is -0.456 e. The number of fused-ring (bicyclic) bond motifs is 10. The minimum atomic E-state index is 0.921. The van der Waals surface area contributed by atoms with Gasteiger partial charge >= 0.3 is 0 Å². The van der Waals surface area contributed by atoms with Crippen molar-refractivity contribution in [3.05, 3.63) is 168 Å². The second kappa shape index (κ2) is 11.5. The zero-order chi connectivity index (χ0) is 35.3. The Balaban J connectivity index is 0.979. The number of thiophene rings is 1. The van der Waals surface area contributed by atoms with E-state index in [1.165, 1.54) is 96.3 Å². The van der Waals surface area contributed by atoms with Crippen LogP contribution in [0.5, 0.6) is 0 Å². The topological polar surface area (TPSA) is 13.1 Å². The molecule has 2 heteroatoms. The van der Waals surface area contributed by atoms with E-state index < -0.39 is 0 Å². The fourth-order valence-corrected chi connectivity index (χ4v) is 10.2. The predicted octanol–water partition coefficient (Wildman–Crippen LogP) is 13.8. The van der Waals surface area contributed by atoms with Crippen LogP contribution in [0.25, 0.3) is 120 Å². The molecule has 54 heavy (non-hydrogen) atoms. The van der Waals surface area contributed by atoms with Crippen LogP contribution in [-0.4, -0.2) is 0 Å². The van der Waals surface area contributed by atoms with Crippen LogP contribution >= 0.6 is 11.3 Å². The Morgan fingerprint density at radius 3 is 1.78 bits per heavy atom. The smallest absolute Gasteiger partial charge is 0.136 e.